The van der Waals surface area contributed by atoms with Crippen molar-refractivity contribution >= 4 is 35.4 Å². The van der Waals surface area contributed by atoms with E-state index in [4.69, 9.17) is 16.4 Å². The lowest BCUT2D eigenvalue weighted by Crippen LogP contribution is -2.17. The number of rotatable bonds is 6. The van der Waals surface area contributed by atoms with E-state index in [1.54, 1.807) is 12.1 Å². The predicted molar refractivity (Wildman–Crippen MR) is 96.4 cm³/mol. The number of esters is 1. The normalized spacial score (nSPS) is 11.3. The highest BCUT2D eigenvalue weighted by Crippen LogP contribution is 2.36. The summed E-state index contributed by atoms with van der Waals surface area (Å²) in [5.41, 5.74) is -0.171. The topological polar surface area (TPSA) is 77.0 Å². The average molecular weight is 415 g/mol. The van der Waals surface area contributed by atoms with E-state index < -0.39 is 35.2 Å². The van der Waals surface area contributed by atoms with E-state index in [2.05, 4.69) is 15.2 Å². The van der Waals surface area contributed by atoms with Crippen molar-refractivity contribution in [2.45, 2.75) is 6.18 Å². The second-order valence-electron chi connectivity index (χ2n) is 5.36. The molecule has 0 unspecified atom stereocenters. The Bertz CT molecular complexity index is 883. The van der Waals surface area contributed by atoms with Gasteiger partial charge in [-0.25, -0.2) is 4.79 Å². The lowest BCUT2D eigenvalue weighted by atomic mass is 10.1. The Morgan fingerprint density at radius 3 is 2.46 bits per heavy atom. The van der Waals surface area contributed by atoms with Crippen molar-refractivity contribution in [3.8, 4) is 0 Å². The molecule has 0 spiro atoms. The maximum Gasteiger partial charge on any atom is 0.417 e. The van der Waals surface area contributed by atoms with Crippen LogP contribution < -0.4 is 5.32 Å². The number of methoxy groups -OCH3 is 1. The molecule has 2 rings (SSSR count). The third-order valence-electron chi connectivity index (χ3n) is 3.36. The van der Waals surface area contributed by atoms with Crippen molar-refractivity contribution in [2.24, 2.45) is 5.16 Å². The monoisotopic (exact) mass is 414 g/mol. The minimum Gasteiger partial charge on any atom is -0.465 e. The molecule has 0 saturated heterocycles. The molecule has 0 bridgehead atoms. The van der Waals surface area contributed by atoms with Crippen LogP contribution in [0.15, 0.2) is 47.6 Å². The number of benzene rings is 2. The molecule has 0 heterocycles. The second kappa shape index (κ2) is 9.23. The van der Waals surface area contributed by atoms with E-state index in [9.17, 15) is 22.8 Å². The fraction of sp³-hybridized carbons (Fsp3) is 0.167. The molecule has 1 amide bonds. The number of nitrogens with zero attached hydrogens (tertiary/aromatic N) is 1. The van der Waals surface area contributed by atoms with Crippen molar-refractivity contribution in [1.29, 1.82) is 0 Å². The molecule has 0 aliphatic heterocycles. The Balaban J connectivity index is 1.88. The molecule has 0 aliphatic rings. The van der Waals surface area contributed by atoms with Gasteiger partial charge >= 0.3 is 12.1 Å². The molecule has 28 heavy (non-hydrogen) atoms. The fourth-order valence-corrected chi connectivity index (χ4v) is 2.26. The Morgan fingerprint density at radius 1 is 1.18 bits per heavy atom. The first-order chi connectivity index (χ1) is 13.2. The highest BCUT2D eigenvalue weighted by atomic mass is 35.5. The fourth-order valence-electron chi connectivity index (χ4n) is 2.03. The number of halogens is 4. The van der Waals surface area contributed by atoms with Gasteiger partial charge in [0.05, 0.1) is 29.5 Å². The zero-order valence-corrected chi connectivity index (χ0v) is 15.2. The molecule has 10 heteroatoms. The van der Waals surface area contributed by atoms with Gasteiger partial charge in [-0.3, -0.25) is 4.79 Å². The molecule has 0 saturated carbocycles. The summed E-state index contributed by atoms with van der Waals surface area (Å²) in [6.45, 7) is -0.513. The number of ether oxygens (including phenoxy) is 1. The number of hydrogen-bond donors (Lipinski definition) is 1. The van der Waals surface area contributed by atoms with Crippen LogP contribution in [0.3, 0.4) is 0 Å². The van der Waals surface area contributed by atoms with Crippen LogP contribution >= 0.6 is 11.6 Å². The quantitative estimate of drug-likeness (QED) is 0.438. The molecule has 148 valence electrons. The van der Waals surface area contributed by atoms with Gasteiger partial charge in [0.15, 0.2) is 6.61 Å². The highest BCUT2D eigenvalue weighted by Gasteiger charge is 2.33. The van der Waals surface area contributed by atoms with Crippen LogP contribution in [-0.2, 0) is 20.5 Å². The number of amides is 1. The lowest BCUT2D eigenvalue weighted by Gasteiger charge is -2.11. The molecule has 6 nitrogen and oxygen atoms in total. The molecule has 0 radical (unpaired) electrons. The van der Waals surface area contributed by atoms with Crippen molar-refractivity contribution in [3.05, 3.63) is 64.2 Å². The summed E-state index contributed by atoms with van der Waals surface area (Å²) >= 11 is 5.51. The number of anilines is 1. The van der Waals surface area contributed by atoms with Crippen LogP contribution in [0.5, 0.6) is 0 Å². The maximum absolute atomic E-state index is 12.8. The van der Waals surface area contributed by atoms with Gasteiger partial charge in [0.1, 0.15) is 0 Å². The van der Waals surface area contributed by atoms with Gasteiger partial charge in [-0.15, -0.1) is 0 Å². The number of oxime groups is 1. The molecular formula is C18H14ClF3N2O4. The summed E-state index contributed by atoms with van der Waals surface area (Å²) in [6, 6.07) is 9.24. The molecule has 2 aromatic carbocycles. The molecule has 0 aliphatic carbocycles. The first-order valence-electron chi connectivity index (χ1n) is 7.71. The van der Waals surface area contributed by atoms with Crippen LogP contribution in [0.4, 0.5) is 18.9 Å². The van der Waals surface area contributed by atoms with Gasteiger partial charge < -0.3 is 14.9 Å². The van der Waals surface area contributed by atoms with Crippen molar-refractivity contribution < 1.29 is 32.3 Å². The predicted octanol–water partition coefficient (Wildman–Crippen LogP) is 4.13. The summed E-state index contributed by atoms with van der Waals surface area (Å²) in [5.74, 6) is -1.18. The Kier molecular flexibility index (Phi) is 7.00. The zero-order chi connectivity index (χ0) is 20.7. The number of hydrogen-bond acceptors (Lipinski definition) is 5. The molecule has 0 aromatic heterocycles. The first kappa shape index (κ1) is 21.2. The molecule has 0 atom stereocenters. The van der Waals surface area contributed by atoms with E-state index >= 15 is 0 Å². The minimum atomic E-state index is -4.64. The van der Waals surface area contributed by atoms with Crippen LogP contribution in [0.2, 0.25) is 5.02 Å². The van der Waals surface area contributed by atoms with Gasteiger partial charge in [0.25, 0.3) is 5.91 Å². The molecule has 0 fully saturated rings. The smallest absolute Gasteiger partial charge is 0.417 e. The number of carbonyl (C=O) groups is 2. The van der Waals surface area contributed by atoms with Crippen LogP contribution in [-0.4, -0.2) is 31.8 Å². The van der Waals surface area contributed by atoms with E-state index in [1.807, 2.05) is 0 Å². The third kappa shape index (κ3) is 5.98. The van der Waals surface area contributed by atoms with E-state index in [-0.39, 0.29) is 5.69 Å². The summed E-state index contributed by atoms with van der Waals surface area (Å²) in [6.07, 6.45) is -3.33. The Hall–Kier alpha value is -3.07. The summed E-state index contributed by atoms with van der Waals surface area (Å²) in [5, 5.41) is 5.38. The van der Waals surface area contributed by atoms with Gasteiger partial charge in [-0.1, -0.05) is 28.9 Å². The van der Waals surface area contributed by atoms with E-state index in [1.165, 1.54) is 31.5 Å². The minimum absolute atomic E-state index is 0.0762. The van der Waals surface area contributed by atoms with Crippen molar-refractivity contribution in [2.75, 3.05) is 19.0 Å². The molecule has 2 aromatic rings. The van der Waals surface area contributed by atoms with Crippen molar-refractivity contribution in [3.63, 3.8) is 0 Å². The van der Waals surface area contributed by atoms with Crippen LogP contribution in [0.1, 0.15) is 21.5 Å². The maximum atomic E-state index is 12.8. The van der Waals surface area contributed by atoms with Gasteiger partial charge in [-0.2, -0.15) is 13.2 Å². The summed E-state index contributed by atoms with van der Waals surface area (Å²) in [7, 11) is 1.27. The average Bonchev–Trinajstić information content (AvgIpc) is 2.65. The van der Waals surface area contributed by atoms with E-state index in [0.717, 1.165) is 12.1 Å². The second-order valence-corrected chi connectivity index (χ2v) is 5.77. The third-order valence-corrected chi connectivity index (χ3v) is 3.69. The largest absolute Gasteiger partial charge is 0.465 e. The SMILES string of the molecule is COC(=O)c1ccc(/C=N/OCC(=O)Nc2ccc(Cl)c(C(F)(F)F)c2)cc1. The molecule has 1 N–H and O–H groups in total. The highest BCUT2D eigenvalue weighted by molar-refractivity contribution is 6.31. The van der Waals surface area contributed by atoms with Crippen LogP contribution in [0.25, 0.3) is 0 Å². The van der Waals surface area contributed by atoms with Gasteiger partial charge in [-0.05, 0) is 35.9 Å². The summed E-state index contributed by atoms with van der Waals surface area (Å²) < 4.78 is 43.0. The zero-order valence-electron chi connectivity index (χ0n) is 14.4. The Morgan fingerprint density at radius 2 is 1.86 bits per heavy atom. The van der Waals surface area contributed by atoms with Gasteiger partial charge in [0, 0.05) is 5.69 Å². The van der Waals surface area contributed by atoms with E-state index in [0.29, 0.717) is 11.1 Å². The number of nitrogens with one attached hydrogen (secondary N) is 1. The Labute approximate surface area is 162 Å². The first-order valence-corrected chi connectivity index (χ1v) is 8.09. The summed E-state index contributed by atoms with van der Waals surface area (Å²) in [4.78, 5) is 27.9. The van der Waals surface area contributed by atoms with Crippen LogP contribution in [0, 0.1) is 0 Å². The standard InChI is InChI=1S/C18H14ClF3N2O4/c1-27-17(26)12-4-2-11(3-5-12)9-23-28-10-16(25)24-13-6-7-15(19)14(8-13)18(20,21)22/h2-9H,10H2,1H3,(H,24,25)/b23-9+. The van der Waals surface area contributed by atoms with Gasteiger partial charge in [0.2, 0.25) is 0 Å². The number of alkyl halides is 3. The molecular weight excluding hydrogens is 401 g/mol. The van der Waals surface area contributed by atoms with Crippen molar-refractivity contribution in [1.82, 2.24) is 0 Å². The number of carbonyl (C=O) groups excluding carboxylic acids is 2. The lowest BCUT2D eigenvalue weighted by molar-refractivity contribution is -0.137.